The predicted octanol–water partition coefficient (Wildman–Crippen LogP) is 4.41. The molecule has 2 rings (SSSR count). The summed E-state index contributed by atoms with van der Waals surface area (Å²) in [6, 6.07) is 12.1. The van der Waals surface area contributed by atoms with Gasteiger partial charge in [0, 0.05) is 22.8 Å². The van der Waals surface area contributed by atoms with E-state index >= 15 is 0 Å². The average molecular weight is 323 g/mol. The molecule has 0 bridgehead atoms. The highest BCUT2D eigenvalue weighted by molar-refractivity contribution is 6.35. The molecule has 0 fully saturated rings. The Balaban J connectivity index is 2.29. The van der Waals surface area contributed by atoms with Crippen molar-refractivity contribution in [3.05, 3.63) is 63.6 Å². The molecule has 0 aromatic heterocycles. The number of rotatable bonds is 3. The number of anilines is 1. The topological polar surface area (TPSA) is 46.3 Å². The summed E-state index contributed by atoms with van der Waals surface area (Å²) in [5.41, 5.74) is 7.64. The van der Waals surface area contributed by atoms with Crippen LogP contribution >= 0.6 is 23.2 Å². The Bertz CT molecular complexity index is 673. The van der Waals surface area contributed by atoms with E-state index in [2.05, 4.69) is 0 Å². The monoisotopic (exact) mass is 322 g/mol. The first-order chi connectivity index (χ1) is 9.91. The molecule has 2 aromatic carbocycles. The molecule has 2 N–H and O–H groups in total. The van der Waals surface area contributed by atoms with E-state index in [0.29, 0.717) is 21.3 Å². The molecule has 0 saturated carbocycles. The normalized spacial score (nSPS) is 12.0. The summed E-state index contributed by atoms with van der Waals surface area (Å²) in [6.07, 6.45) is 0. The first-order valence-corrected chi connectivity index (χ1v) is 7.24. The van der Waals surface area contributed by atoms with Crippen LogP contribution in [-0.2, 0) is 0 Å². The fraction of sp³-hybridized carbons (Fsp3) is 0.188. The van der Waals surface area contributed by atoms with Crippen molar-refractivity contribution in [2.45, 2.75) is 13.0 Å². The molecule has 3 nitrogen and oxygen atoms in total. The van der Waals surface area contributed by atoms with Gasteiger partial charge in [0.15, 0.2) is 0 Å². The summed E-state index contributed by atoms with van der Waals surface area (Å²) < 4.78 is 0. The largest absolute Gasteiger partial charge is 0.398 e. The molecule has 0 radical (unpaired) electrons. The third-order valence-corrected chi connectivity index (χ3v) is 4.07. The molecule has 1 atom stereocenters. The minimum absolute atomic E-state index is 0.147. The van der Waals surface area contributed by atoms with Gasteiger partial charge in [0.1, 0.15) is 0 Å². The first-order valence-electron chi connectivity index (χ1n) is 6.48. The van der Waals surface area contributed by atoms with Crippen LogP contribution in [0.2, 0.25) is 10.0 Å². The second kappa shape index (κ2) is 6.37. The summed E-state index contributed by atoms with van der Waals surface area (Å²) >= 11 is 12.1. The number of nitrogens with zero attached hydrogens (tertiary/aromatic N) is 1. The lowest BCUT2D eigenvalue weighted by atomic mass is 10.1. The minimum atomic E-state index is -0.193. The molecule has 5 heteroatoms. The number of para-hydroxylation sites is 1. The summed E-state index contributed by atoms with van der Waals surface area (Å²) in [5.74, 6) is -0.147. The van der Waals surface area contributed by atoms with E-state index < -0.39 is 0 Å². The van der Waals surface area contributed by atoms with Crippen molar-refractivity contribution in [1.29, 1.82) is 0 Å². The molecule has 2 aromatic rings. The van der Waals surface area contributed by atoms with Gasteiger partial charge in [-0.2, -0.15) is 0 Å². The van der Waals surface area contributed by atoms with Gasteiger partial charge in [0.05, 0.1) is 11.6 Å². The van der Waals surface area contributed by atoms with Gasteiger partial charge < -0.3 is 10.6 Å². The van der Waals surface area contributed by atoms with Gasteiger partial charge in [-0.1, -0.05) is 41.4 Å². The Labute approximate surface area is 134 Å². The third-order valence-electron chi connectivity index (χ3n) is 3.51. The predicted molar refractivity (Wildman–Crippen MR) is 87.8 cm³/mol. The SMILES string of the molecule is CC(c1ccc(Cl)cc1Cl)N(C)C(=O)c1ccccc1N. The lowest BCUT2D eigenvalue weighted by molar-refractivity contribution is 0.0744. The van der Waals surface area contributed by atoms with E-state index in [4.69, 9.17) is 28.9 Å². The van der Waals surface area contributed by atoms with Crippen LogP contribution in [0, 0.1) is 0 Å². The van der Waals surface area contributed by atoms with E-state index in [0.717, 1.165) is 5.56 Å². The van der Waals surface area contributed by atoms with Crippen LogP contribution in [0.15, 0.2) is 42.5 Å². The second-order valence-corrected chi connectivity index (χ2v) is 5.69. The molecule has 1 amide bonds. The summed E-state index contributed by atoms with van der Waals surface area (Å²) in [7, 11) is 1.73. The number of nitrogen functional groups attached to an aromatic ring is 1. The molecular weight excluding hydrogens is 307 g/mol. The van der Waals surface area contributed by atoms with Crippen molar-refractivity contribution < 1.29 is 4.79 Å². The van der Waals surface area contributed by atoms with Gasteiger partial charge in [0.25, 0.3) is 5.91 Å². The highest BCUT2D eigenvalue weighted by atomic mass is 35.5. The maximum Gasteiger partial charge on any atom is 0.256 e. The lowest BCUT2D eigenvalue weighted by Crippen LogP contribution is -2.30. The minimum Gasteiger partial charge on any atom is -0.398 e. The van der Waals surface area contributed by atoms with Crippen LogP contribution in [0.5, 0.6) is 0 Å². The summed E-state index contributed by atoms with van der Waals surface area (Å²) in [4.78, 5) is 14.1. The molecule has 110 valence electrons. The molecular formula is C16H16Cl2N2O. The van der Waals surface area contributed by atoms with Crippen molar-refractivity contribution in [3.8, 4) is 0 Å². The molecule has 0 aliphatic carbocycles. The summed E-state index contributed by atoms with van der Waals surface area (Å²) in [5, 5.41) is 1.10. The zero-order valence-corrected chi connectivity index (χ0v) is 13.3. The van der Waals surface area contributed by atoms with E-state index in [-0.39, 0.29) is 11.9 Å². The van der Waals surface area contributed by atoms with Crippen molar-refractivity contribution in [2.24, 2.45) is 0 Å². The maximum absolute atomic E-state index is 12.5. The van der Waals surface area contributed by atoms with Crippen LogP contribution < -0.4 is 5.73 Å². The Morgan fingerprint density at radius 2 is 1.86 bits per heavy atom. The Kier molecular flexibility index (Phi) is 4.76. The van der Waals surface area contributed by atoms with Crippen LogP contribution in [0.25, 0.3) is 0 Å². The van der Waals surface area contributed by atoms with Gasteiger partial charge in [-0.3, -0.25) is 4.79 Å². The van der Waals surface area contributed by atoms with Gasteiger partial charge in [-0.15, -0.1) is 0 Å². The van der Waals surface area contributed by atoms with E-state index in [1.54, 1.807) is 48.3 Å². The number of carbonyl (C=O) groups is 1. The van der Waals surface area contributed by atoms with Crippen molar-refractivity contribution in [1.82, 2.24) is 4.90 Å². The smallest absolute Gasteiger partial charge is 0.256 e. The number of carbonyl (C=O) groups excluding carboxylic acids is 1. The lowest BCUT2D eigenvalue weighted by Gasteiger charge is -2.26. The standard InChI is InChI=1S/C16H16Cl2N2O/c1-10(12-8-7-11(17)9-14(12)18)20(2)16(21)13-5-3-4-6-15(13)19/h3-10H,19H2,1-2H3. The molecule has 1 unspecified atom stereocenters. The highest BCUT2D eigenvalue weighted by Crippen LogP contribution is 2.30. The molecule has 0 spiro atoms. The Morgan fingerprint density at radius 3 is 2.48 bits per heavy atom. The number of hydrogen-bond acceptors (Lipinski definition) is 2. The second-order valence-electron chi connectivity index (χ2n) is 4.85. The van der Waals surface area contributed by atoms with Crippen LogP contribution in [0.3, 0.4) is 0 Å². The zero-order valence-electron chi connectivity index (χ0n) is 11.8. The number of halogens is 2. The number of nitrogens with two attached hydrogens (primary N) is 1. The van der Waals surface area contributed by atoms with Crippen molar-refractivity contribution in [3.63, 3.8) is 0 Å². The number of benzene rings is 2. The Morgan fingerprint density at radius 1 is 1.19 bits per heavy atom. The fourth-order valence-corrected chi connectivity index (χ4v) is 2.67. The third kappa shape index (κ3) is 3.31. The average Bonchev–Trinajstić information content (AvgIpc) is 2.45. The van der Waals surface area contributed by atoms with E-state index in [1.807, 2.05) is 13.0 Å². The molecule has 21 heavy (non-hydrogen) atoms. The van der Waals surface area contributed by atoms with Gasteiger partial charge in [-0.25, -0.2) is 0 Å². The van der Waals surface area contributed by atoms with Gasteiger partial charge in [0.2, 0.25) is 0 Å². The van der Waals surface area contributed by atoms with E-state index in [1.165, 1.54) is 0 Å². The molecule has 0 saturated heterocycles. The van der Waals surface area contributed by atoms with Crippen LogP contribution in [-0.4, -0.2) is 17.9 Å². The van der Waals surface area contributed by atoms with Crippen molar-refractivity contribution >= 4 is 34.8 Å². The molecule has 0 aliphatic rings. The fourth-order valence-electron chi connectivity index (χ4n) is 2.11. The molecule has 0 heterocycles. The molecule has 0 aliphatic heterocycles. The summed E-state index contributed by atoms with van der Waals surface area (Å²) in [6.45, 7) is 1.91. The highest BCUT2D eigenvalue weighted by Gasteiger charge is 2.22. The zero-order chi connectivity index (χ0) is 15.6. The maximum atomic E-state index is 12.5. The van der Waals surface area contributed by atoms with Gasteiger partial charge >= 0.3 is 0 Å². The van der Waals surface area contributed by atoms with Crippen molar-refractivity contribution in [2.75, 3.05) is 12.8 Å². The van der Waals surface area contributed by atoms with Crippen LogP contribution in [0.4, 0.5) is 5.69 Å². The van der Waals surface area contributed by atoms with E-state index in [9.17, 15) is 4.79 Å². The number of amides is 1. The Hall–Kier alpha value is -1.71. The first kappa shape index (κ1) is 15.7. The quantitative estimate of drug-likeness (QED) is 0.851. The van der Waals surface area contributed by atoms with Gasteiger partial charge in [-0.05, 0) is 36.8 Å². The number of hydrogen-bond donors (Lipinski definition) is 1. The van der Waals surface area contributed by atoms with Crippen LogP contribution in [0.1, 0.15) is 28.9 Å².